The summed E-state index contributed by atoms with van der Waals surface area (Å²) in [5.41, 5.74) is 4.33. The van der Waals surface area contributed by atoms with E-state index in [1.165, 1.54) is 10.3 Å². The lowest BCUT2D eigenvalue weighted by Crippen LogP contribution is -1.85. The van der Waals surface area contributed by atoms with E-state index in [1.807, 2.05) is 30.3 Å². The first-order valence-electron chi connectivity index (χ1n) is 7.36. The van der Waals surface area contributed by atoms with Crippen molar-refractivity contribution in [2.75, 3.05) is 0 Å². The van der Waals surface area contributed by atoms with Crippen molar-refractivity contribution in [3.8, 4) is 16.9 Å². The predicted molar refractivity (Wildman–Crippen MR) is 95.9 cm³/mol. The third kappa shape index (κ3) is 1.92. The van der Waals surface area contributed by atoms with Gasteiger partial charge in [0.2, 0.25) is 0 Å². The minimum Gasteiger partial charge on any atom is -0.507 e. The molecule has 0 saturated carbocycles. The summed E-state index contributed by atoms with van der Waals surface area (Å²) in [6.07, 6.45) is 0. The molecular weight excluding hydrogens is 288 g/mol. The molecule has 0 bridgehead atoms. The van der Waals surface area contributed by atoms with Gasteiger partial charge in [0.15, 0.2) is 0 Å². The topological polar surface area (TPSA) is 20.2 Å². The zero-order valence-corrected chi connectivity index (χ0v) is 13.4. The van der Waals surface area contributed by atoms with E-state index < -0.39 is 0 Å². The van der Waals surface area contributed by atoms with E-state index in [4.69, 9.17) is 0 Å². The molecule has 0 aliphatic carbocycles. The lowest BCUT2D eigenvalue weighted by atomic mass is 9.96. The van der Waals surface area contributed by atoms with Crippen molar-refractivity contribution in [3.63, 3.8) is 0 Å². The minimum absolute atomic E-state index is 0.401. The van der Waals surface area contributed by atoms with Crippen LogP contribution in [0.2, 0.25) is 0 Å². The molecule has 3 aromatic carbocycles. The first-order valence-corrected chi connectivity index (χ1v) is 8.17. The Kier molecular flexibility index (Phi) is 2.95. The molecule has 0 unspecified atom stereocenters. The highest BCUT2D eigenvalue weighted by Gasteiger charge is 2.16. The van der Waals surface area contributed by atoms with Gasteiger partial charge >= 0.3 is 0 Å². The lowest BCUT2D eigenvalue weighted by molar-refractivity contribution is 0.483. The van der Waals surface area contributed by atoms with Crippen LogP contribution < -0.4 is 0 Å². The Labute approximate surface area is 133 Å². The quantitative estimate of drug-likeness (QED) is 0.454. The van der Waals surface area contributed by atoms with Crippen molar-refractivity contribution in [1.29, 1.82) is 0 Å². The largest absolute Gasteiger partial charge is 0.507 e. The van der Waals surface area contributed by atoms with Gasteiger partial charge in [0.1, 0.15) is 5.75 Å². The van der Waals surface area contributed by atoms with Gasteiger partial charge in [-0.15, -0.1) is 11.3 Å². The molecule has 0 spiro atoms. The molecule has 0 aliphatic heterocycles. The summed E-state index contributed by atoms with van der Waals surface area (Å²) in [6.45, 7) is 4.16. The van der Waals surface area contributed by atoms with Gasteiger partial charge in [0.05, 0.1) is 0 Å². The highest BCUT2D eigenvalue weighted by atomic mass is 32.1. The van der Waals surface area contributed by atoms with E-state index in [2.05, 4.69) is 38.1 Å². The number of hydrogen-bond acceptors (Lipinski definition) is 2. The number of fused-ring (bicyclic) bond motifs is 3. The molecule has 4 rings (SSSR count). The van der Waals surface area contributed by atoms with Crippen molar-refractivity contribution in [2.45, 2.75) is 13.8 Å². The third-order valence-electron chi connectivity index (χ3n) is 4.15. The van der Waals surface area contributed by atoms with Crippen LogP contribution in [0.15, 0.2) is 54.6 Å². The van der Waals surface area contributed by atoms with Crippen LogP contribution >= 0.6 is 11.3 Å². The summed E-state index contributed by atoms with van der Waals surface area (Å²) in [4.78, 5) is 0. The van der Waals surface area contributed by atoms with E-state index in [9.17, 15) is 5.11 Å². The highest BCUT2D eigenvalue weighted by molar-refractivity contribution is 7.25. The van der Waals surface area contributed by atoms with Crippen LogP contribution in [0.3, 0.4) is 0 Å². The summed E-state index contributed by atoms with van der Waals surface area (Å²) in [7, 11) is 0. The van der Waals surface area contributed by atoms with Gasteiger partial charge in [-0.25, -0.2) is 0 Å². The first kappa shape index (κ1) is 13.4. The van der Waals surface area contributed by atoms with E-state index in [1.54, 1.807) is 11.3 Å². The molecule has 108 valence electrons. The molecule has 0 fully saturated rings. The second-order valence-electron chi connectivity index (χ2n) is 5.76. The van der Waals surface area contributed by atoms with E-state index in [0.29, 0.717) is 5.75 Å². The molecule has 1 heterocycles. The van der Waals surface area contributed by atoms with Crippen molar-refractivity contribution >= 4 is 31.5 Å². The van der Waals surface area contributed by atoms with Crippen LogP contribution in [0.4, 0.5) is 0 Å². The molecule has 1 nitrogen and oxygen atoms in total. The second kappa shape index (κ2) is 4.85. The third-order valence-corrected chi connectivity index (χ3v) is 5.27. The summed E-state index contributed by atoms with van der Waals surface area (Å²) in [5.74, 6) is 0.401. The number of phenolic OH excluding ortho intramolecular Hbond substituents is 1. The zero-order chi connectivity index (χ0) is 15.3. The maximum absolute atomic E-state index is 11.0. The van der Waals surface area contributed by atoms with Gasteiger partial charge in [0.25, 0.3) is 0 Å². The number of hydrogen-bond donors (Lipinski definition) is 1. The average Bonchev–Trinajstić information content (AvgIpc) is 2.85. The highest BCUT2D eigenvalue weighted by Crippen LogP contribution is 2.45. The molecule has 1 N–H and O–H groups in total. The van der Waals surface area contributed by atoms with Crippen molar-refractivity contribution in [1.82, 2.24) is 0 Å². The summed E-state index contributed by atoms with van der Waals surface area (Å²) < 4.78 is 2.37. The van der Waals surface area contributed by atoms with Crippen LogP contribution in [-0.2, 0) is 0 Å². The lowest BCUT2D eigenvalue weighted by Gasteiger charge is -2.10. The Morgan fingerprint density at radius 1 is 0.864 bits per heavy atom. The molecule has 0 radical (unpaired) electrons. The first-order chi connectivity index (χ1) is 10.6. The SMILES string of the molecule is Cc1ccc2sc3cc(C)c(-c4ccccc4)c(O)c3c2c1. The fourth-order valence-corrected chi connectivity index (χ4v) is 4.31. The maximum Gasteiger partial charge on any atom is 0.132 e. The Morgan fingerprint density at radius 3 is 2.41 bits per heavy atom. The molecule has 0 atom stereocenters. The van der Waals surface area contributed by atoms with Crippen LogP contribution in [0, 0.1) is 13.8 Å². The van der Waals surface area contributed by atoms with E-state index in [0.717, 1.165) is 32.2 Å². The van der Waals surface area contributed by atoms with E-state index in [-0.39, 0.29) is 0 Å². The van der Waals surface area contributed by atoms with E-state index >= 15 is 0 Å². The Morgan fingerprint density at radius 2 is 1.64 bits per heavy atom. The van der Waals surface area contributed by atoms with Gasteiger partial charge in [-0.1, -0.05) is 42.0 Å². The summed E-state index contributed by atoms with van der Waals surface area (Å²) in [6, 6.07) is 18.7. The van der Waals surface area contributed by atoms with Crippen LogP contribution in [0.1, 0.15) is 11.1 Å². The molecule has 22 heavy (non-hydrogen) atoms. The molecule has 2 heteroatoms. The molecule has 4 aromatic rings. The summed E-state index contributed by atoms with van der Waals surface area (Å²) in [5, 5.41) is 13.1. The Bertz CT molecular complexity index is 997. The molecule has 1 aromatic heterocycles. The predicted octanol–water partition coefficient (Wildman–Crippen LogP) is 6.04. The van der Waals surface area contributed by atoms with Gasteiger partial charge < -0.3 is 5.11 Å². The molecule has 0 saturated heterocycles. The number of thiophene rings is 1. The van der Waals surface area contributed by atoms with Crippen LogP contribution in [0.25, 0.3) is 31.3 Å². The van der Waals surface area contributed by atoms with Gasteiger partial charge in [-0.05, 0) is 43.2 Å². The fourth-order valence-electron chi connectivity index (χ4n) is 3.13. The Hall–Kier alpha value is -2.32. The van der Waals surface area contributed by atoms with Gasteiger partial charge in [-0.2, -0.15) is 0 Å². The van der Waals surface area contributed by atoms with Crippen molar-refractivity contribution in [3.05, 3.63) is 65.7 Å². The molecule has 0 aliphatic rings. The minimum atomic E-state index is 0.401. The number of rotatable bonds is 1. The molecular formula is C20H16OS. The number of benzene rings is 3. The standard InChI is InChI=1S/C20H16OS/c1-12-8-9-16-15(10-12)19-17(22-16)11-13(2)18(20(19)21)14-6-4-3-5-7-14/h3-11,21H,1-2H3. The number of aryl methyl sites for hydroxylation is 2. The summed E-state index contributed by atoms with van der Waals surface area (Å²) >= 11 is 1.74. The monoisotopic (exact) mass is 304 g/mol. The number of aromatic hydroxyl groups is 1. The van der Waals surface area contributed by atoms with Gasteiger partial charge in [0, 0.05) is 25.7 Å². The van der Waals surface area contributed by atoms with Gasteiger partial charge in [-0.3, -0.25) is 0 Å². The Balaban J connectivity index is 2.15. The van der Waals surface area contributed by atoms with Crippen molar-refractivity contribution in [2.24, 2.45) is 0 Å². The van der Waals surface area contributed by atoms with Crippen LogP contribution in [-0.4, -0.2) is 5.11 Å². The second-order valence-corrected chi connectivity index (χ2v) is 6.84. The number of phenols is 1. The van der Waals surface area contributed by atoms with Crippen LogP contribution in [0.5, 0.6) is 5.75 Å². The zero-order valence-electron chi connectivity index (χ0n) is 12.6. The molecule has 0 amide bonds. The normalized spacial score (nSPS) is 11.4. The van der Waals surface area contributed by atoms with Crippen molar-refractivity contribution < 1.29 is 5.11 Å². The fraction of sp³-hybridized carbons (Fsp3) is 0.100. The maximum atomic E-state index is 11.0. The smallest absolute Gasteiger partial charge is 0.132 e. The average molecular weight is 304 g/mol.